The van der Waals surface area contributed by atoms with Gasteiger partial charge in [-0.05, 0) is 24.1 Å². The van der Waals surface area contributed by atoms with Gasteiger partial charge < -0.3 is 10.4 Å². The maximum Gasteiger partial charge on any atom is 0.296 e. The third-order valence-electron chi connectivity index (χ3n) is 4.18. The number of hydrogen-bond donors (Lipinski definition) is 2. The predicted molar refractivity (Wildman–Crippen MR) is 103 cm³/mol. The number of aromatic nitrogens is 3. The minimum Gasteiger partial charge on any atom is -0.480 e. The van der Waals surface area contributed by atoms with Gasteiger partial charge in [0, 0.05) is 30.9 Å². The quantitative estimate of drug-likeness (QED) is 0.619. The third-order valence-corrected chi connectivity index (χ3v) is 4.47. The number of anilines is 1. The Labute approximate surface area is 156 Å². The number of benzene rings is 1. The lowest BCUT2D eigenvalue weighted by Crippen LogP contribution is -2.05. The number of nitrogens with one attached hydrogen (secondary N) is 1. The molecule has 0 fully saturated rings. The van der Waals surface area contributed by atoms with Gasteiger partial charge in [-0.15, -0.1) is 0 Å². The van der Waals surface area contributed by atoms with Gasteiger partial charge in [-0.3, -0.25) is 9.36 Å². The number of unbranched alkanes of at least 4 members (excludes halogenated alkanes) is 2. The highest BCUT2D eigenvalue weighted by Gasteiger charge is 2.18. The zero-order valence-electron chi connectivity index (χ0n) is 14.8. The zero-order valence-corrected chi connectivity index (χ0v) is 15.5. The number of carbonyl (C=O) groups excluding carboxylic acids is 1. The van der Waals surface area contributed by atoms with Crippen LogP contribution in [0.25, 0.3) is 22.3 Å². The smallest absolute Gasteiger partial charge is 0.296 e. The average molecular weight is 373 g/mol. The number of pyridine rings is 1. The second-order valence-electron chi connectivity index (χ2n) is 6.18. The molecule has 0 bridgehead atoms. The first-order valence-corrected chi connectivity index (χ1v) is 9.00. The summed E-state index contributed by atoms with van der Waals surface area (Å²) in [7, 11) is 0. The fourth-order valence-electron chi connectivity index (χ4n) is 2.99. The molecule has 3 aromatic rings. The standard InChI is InChI=1S/C19H21ClN4O2/c1-3-4-5-10-24-17-16(15(20)11-21-18(17)23-19(24)26)13-6-8-14(9-7-13)22-12(2)25/h6-9,11H,3-5,10H2,1-2H3,(H,22,25)(H,21,23,26). The molecule has 0 saturated heterocycles. The number of amides is 1. The van der Waals surface area contributed by atoms with E-state index in [0.717, 1.165) is 35.9 Å². The molecule has 2 N–H and O–H groups in total. The number of fused-ring (bicyclic) bond motifs is 1. The van der Waals surface area contributed by atoms with Crippen LogP contribution in [0.3, 0.4) is 0 Å². The number of imidazole rings is 1. The van der Waals surface area contributed by atoms with Crippen LogP contribution in [0.5, 0.6) is 6.01 Å². The summed E-state index contributed by atoms with van der Waals surface area (Å²) >= 11 is 6.45. The van der Waals surface area contributed by atoms with Crippen molar-refractivity contribution in [3.8, 4) is 17.1 Å². The fraction of sp³-hybridized carbons (Fsp3) is 0.316. The van der Waals surface area contributed by atoms with E-state index >= 15 is 0 Å². The summed E-state index contributed by atoms with van der Waals surface area (Å²) in [4.78, 5) is 19.6. The number of hydrogen-bond acceptors (Lipinski definition) is 4. The van der Waals surface area contributed by atoms with Gasteiger partial charge in [0.15, 0.2) is 5.65 Å². The predicted octanol–water partition coefficient (Wildman–Crippen LogP) is 4.61. The van der Waals surface area contributed by atoms with Gasteiger partial charge >= 0.3 is 0 Å². The summed E-state index contributed by atoms with van der Waals surface area (Å²) in [6, 6.07) is 7.34. The van der Waals surface area contributed by atoms with E-state index in [-0.39, 0.29) is 11.9 Å². The normalized spacial score (nSPS) is 11.0. The van der Waals surface area contributed by atoms with Crippen molar-refractivity contribution >= 4 is 34.4 Å². The fourth-order valence-corrected chi connectivity index (χ4v) is 3.24. The van der Waals surface area contributed by atoms with Gasteiger partial charge in [0.25, 0.3) is 6.01 Å². The van der Waals surface area contributed by atoms with Gasteiger partial charge in [0.2, 0.25) is 5.91 Å². The lowest BCUT2D eigenvalue weighted by molar-refractivity contribution is -0.114. The van der Waals surface area contributed by atoms with Gasteiger partial charge in [-0.25, -0.2) is 4.98 Å². The van der Waals surface area contributed by atoms with E-state index < -0.39 is 0 Å². The van der Waals surface area contributed by atoms with Gasteiger partial charge in [0.05, 0.1) is 10.5 Å². The summed E-state index contributed by atoms with van der Waals surface area (Å²) < 4.78 is 1.76. The molecule has 26 heavy (non-hydrogen) atoms. The van der Waals surface area contributed by atoms with Crippen LogP contribution in [0.2, 0.25) is 5.02 Å². The number of aromatic hydroxyl groups is 1. The summed E-state index contributed by atoms with van der Waals surface area (Å²) in [5.41, 5.74) is 3.54. The summed E-state index contributed by atoms with van der Waals surface area (Å²) in [6.45, 7) is 4.25. The second kappa shape index (κ2) is 7.74. The van der Waals surface area contributed by atoms with Gasteiger partial charge in [-0.1, -0.05) is 43.5 Å². The Bertz CT molecular complexity index is 935. The second-order valence-corrected chi connectivity index (χ2v) is 6.59. The van der Waals surface area contributed by atoms with E-state index in [9.17, 15) is 9.90 Å². The highest BCUT2D eigenvalue weighted by atomic mass is 35.5. The molecule has 0 aliphatic heterocycles. The summed E-state index contributed by atoms with van der Waals surface area (Å²) in [6.07, 6.45) is 4.63. The van der Waals surface area contributed by atoms with Crippen LogP contribution in [-0.4, -0.2) is 25.5 Å². The maximum atomic E-state index is 11.2. The Morgan fingerprint density at radius 2 is 2.00 bits per heavy atom. The van der Waals surface area contributed by atoms with Crippen molar-refractivity contribution in [3.63, 3.8) is 0 Å². The first-order chi connectivity index (χ1) is 12.5. The lowest BCUT2D eigenvalue weighted by Gasteiger charge is -2.11. The van der Waals surface area contributed by atoms with Crippen molar-refractivity contribution < 1.29 is 9.90 Å². The number of halogens is 1. The molecule has 2 aromatic heterocycles. The van der Waals surface area contributed by atoms with Crippen LogP contribution < -0.4 is 5.32 Å². The van der Waals surface area contributed by atoms with Crippen molar-refractivity contribution in [1.29, 1.82) is 0 Å². The van der Waals surface area contributed by atoms with E-state index in [1.165, 1.54) is 6.92 Å². The van der Waals surface area contributed by atoms with Crippen LogP contribution >= 0.6 is 11.6 Å². The van der Waals surface area contributed by atoms with Crippen molar-refractivity contribution in [2.24, 2.45) is 0 Å². The Kier molecular flexibility index (Phi) is 5.42. The Balaban J connectivity index is 2.09. The largest absolute Gasteiger partial charge is 0.480 e. The topological polar surface area (TPSA) is 80.0 Å². The molecule has 7 heteroatoms. The SMILES string of the molecule is CCCCCn1c(O)nc2ncc(Cl)c(-c3ccc(NC(C)=O)cc3)c21. The summed E-state index contributed by atoms with van der Waals surface area (Å²) in [5, 5.41) is 13.5. The van der Waals surface area contributed by atoms with Gasteiger partial charge in [-0.2, -0.15) is 4.98 Å². The van der Waals surface area contributed by atoms with Crippen LogP contribution in [0, 0.1) is 0 Å². The molecule has 0 aliphatic rings. The zero-order chi connectivity index (χ0) is 18.7. The third kappa shape index (κ3) is 3.65. The molecule has 3 rings (SSSR count). The van der Waals surface area contributed by atoms with Gasteiger partial charge in [0.1, 0.15) is 0 Å². The van der Waals surface area contributed by atoms with E-state index in [2.05, 4.69) is 22.2 Å². The van der Waals surface area contributed by atoms with Crippen LogP contribution in [0.4, 0.5) is 5.69 Å². The van der Waals surface area contributed by atoms with Crippen molar-refractivity contribution in [2.45, 2.75) is 39.7 Å². The van der Waals surface area contributed by atoms with Crippen molar-refractivity contribution in [3.05, 3.63) is 35.5 Å². The van der Waals surface area contributed by atoms with Crippen molar-refractivity contribution in [1.82, 2.24) is 14.5 Å². The molecule has 0 saturated carbocycles. The molecule has 0 unspecified atom stereocenters. The maximum absolute atomic E-state index is 11.2. The number of rotatable bonds is 6. The highest BCUT2D eigenvalue weighted by molar-refractivity contribution is 6.34. The molecule has 0 spiro atoms. The van der Waals surface area contributed by atoms with Crippen LogP contribution in [0.1, 0.15) is 33.1 Å². The molecule has 0 aliphatic carbocycles. The number of nitrogens with zero attached hydrogens (tertiary/aromatic N) is 3. The first kappa shape index (κ1) is 18.2. The number of aryl methyl sites for hydroxylation is 1. The molecule has 6 nitrogen and oxygen atoms in total. The number of carbonyl (C=O) groups is 1. The highest BCUT2D eigenvalue weighted by Crippen LogP contribution is 2.36. The lowest BCUT2D eigenvalue weighted by atomic mass is 10.0. The average Bonchev–Trinajstić information content (AvgIpc) is 2.91. The molecule has 2 heterocycles. The van der Waals surface area contributed by atoms with Crippen LogP contribution in [-0.2, 0) is 11.3 Å². The molecule has 136 valence electrons. The minimum absolute atomic E-state index is 0.0537. The molecule has 0 radical (unpaired) electrons. The molecule has 1 amide bonds. The van der Waals surface area contributed by atoms with Crippen LogP contribution in [0.15, 0.2) is 30.5 Å². The molecular formula is C19H21ClN4O2. The molecular weight excluding hydrogens is 352 g/mol. The Hall–Kier alpha value is -2.60. The molecule has 0 atom stereocenters. The monoisotopic (exact) mass is 372 g/mol. The van der Waals surface area contributed by atoms with Crippen molar-refractivity contribution in [2.75, 3.05) is 5.32 Å². The van der Waals surface area contributed by atoms with E-state index in [0.29, 0.717) is 22.9 Å². The minimum atomic E-state index is -0.124. The Morgan fingerprint density at radius 3 is 2.65 bits per heavy atom. The van der Waals surface area contributed by atoms with E-state index in [4.69, 9.17) is 11.6 Å². The first-order valence-electron chi connectivity index (χ1n) is 8.63. The summed E-state index contributed by atoms with van der Waals surface area (Å²) in [5.74, 6) is -0.124. The Morgan fingerprint density at radius 1 is 1.27 bits per heavy atom. The molecule has 1 aromatic carbocycles. The van der Waals surface area contributed by atoms with E-state index in [1.54, 1.807) is 10.8 Å². The van der Waals surface area contributed by atoms with E-state index in [1.807, 2.05) is 24.3 Å².